The van der Waals surface area contributed by atoms with Crippen LogP contribution in [-0.2, 0) is 6.16 Å². The van der Waals surface area contributed by atoms with Crippen molar-refractivity contribution in [3.8, 4) is 5.69 Å². The second kappa shape index (κ2) is 9.88. The standard InChI is InChI=1S/C22H23ClN5O2PS/c1-31(2)14-15-11-17(27-10-4-3-5-21(27)29)6-7-18(15)28-13-16(25-26-28)12-24-22(30)19-8-9-20(23)32-19/h3-11,13,25-26H,12,14H2,1-2H3,(H,24,30). The van der Waals surface area contributed by atoms with Gasteiger partial charge in [-0.15, -0.1) is 24.8 Å². The van der Waals surface area contributed by atoms with E-state index < -0.39 is 0 Å². The second-order valence-electron chi connectivity index (χ2n) is 7.51. The number of amides is 1. The average Bonchev–Trinajstić information content (AvgIpc) is 3.41. The number of hydrazine groups is 2. The highest BCUT2D eigenvalue weighted by Crippen LogP contribution is 2.36. The van der Waals surface area contributed by atoms with Crippen molar-refractivity contribution in [2.45, 2.75) is 6.16 Å². The van der Waals surface area contributed by atoms with E-state index in [1.807, 2.05) is 29.4 Å². The third kappa shape index (κ3) is 5.22. The van der Waals surface area contributed by atoms with Crippen molar-refractivity contribution in [3.05, 3.63) is 91.8 Å². The molecule has 0 spiro atoms. The summed E-state index contributed by atoms with van der Waals surface area (Å²) in [6.45, 7) is 4.80. The molecule has 166 valence electrons. The van der Waals surface area contributed by atoms with Gasteiger partial charge in [0.25, 0.3) is 11.5 Å². The van der Waals surface area contributed by atoms with Crippen LogP contribution in [0.3, 0.4) is 0 Å². The van der Waals surface area contributed by atoms with Crippen LogP contribution in [0.4, 0.5) is 5.69 Å². The molecule has 3 N–H and O–H groups in total. The molecule has 0 saturated carbocycles. The predicted molar refractivity (Wildman–Crippen MR) is 133 cm³/mol. The molecule has 0 aliphatic carbocycles. The van der Waals surface area contributed by atoms with Crippen LogP contribution in [0, 0.1) is 0 Å². The molecule has 1 aliphatic rings. The lowest BCUT2D eigenvalue weighted by Crippen LogP contribution is -2.38. The maximum absolute atomic E-state index is 12.3. The number of pyridine rings is 1. The normalized spacial score (nSPS) is 13.2. The monoisotopic (exact) mass is 487 g/mol. The minimum atomic E-state index is -0.196. The molecular formula is C22H23ClN5O2PS. The molecule has 7 nitrogen and oxygen atoms in total. The molecule has 3 heterocycles. The molecule has 0 atom stereocenters. The van der Waals surface area contributed by atoms with Crippen molar-refractivity contribution in [2.24, 2.45) is 0 Å². The van der Waals surface area contributed by atoms with Gasteiger partial charge in [-0.3, -0.25) is 19.2 Å². The van der Waals surface area contributed by atoms with Crippen LogP contribution < -0.4 is 26.8 Å². The van der Waals surface area contributed by atoms with Crippen molar-refractivity contribution < 1.29 is 4.79 Å². The molecule has 4 rings (SSSR count). The van der Waals surface area contributed by atoms with Crippen LogP contribution in [0.5, 0.6) is 0 Å². The van der Waals surface area contributed by atoms with Gasteiger partial charge in [-0.05, 0) is 61.5 Å². The molecule has 1 amide bonds. The lowest BCUT2D eigenvalue weighted by molar-refractivity contribution is 0.0960. The first kappa shape index (κ1) is 22.6. The van der Waals surface area contributed by atoms with Crippen molar-refractivity contribution in [2.75, 3.05) is 24.9 Å². The van der Waals surface area contributed by atoms with Gasteiger partial charge < -0.3 is 10.7 Å². The van der Waals surface area contributed by atoms with E-state index in [9.17, 15) is 9.59 Å². The number of benzene rings is 1. The Morgan fingerprint density at radius 2 is 2.03 bits per heavy atom. The molecule has 0 unspecified atom stereocenters. The molecular weight excluding hydrogens is 465 g/mol. The number of halogens is 1. The maximum Gasteiger partial charge on any atom is 0.261 e. The number of thiophene rings is 1. The van der Waals surface area contributed by atoms with Crippen LogP contribution in [0.2, 0.25) is 4.34 Å². The summed E-state index contributed by atoms with van der Waals surface area (Å²) in [5.41, 5.74) is 9.97. The first-order valence-corrected chi connectivity index (χ1v) is 13.5. The fourth-order valence-electron chi connectivity index (χ4n) is 3.34. The van der Waals surface area contributed by atoms with E-state index in [1.54, 1.807) is 35.0 Å². The summed E-state index contributed by atoms with van der Waals surface area (Å²) in [5.74, 6) is -0.163. The van der Waals surface area contributed by atoms with Gasteiger partial charge in [-0.2, -0.15) is 0 Å². The SMILES string of the molecule is CP(C)Cc1cc(-n2ccccc2=O)ccc1N1C=C(CNC(=O)c2ccc(Cl)s2)NN1. The second-order valence-corrected chi connectivity index (χ2v) is 11.7. The summed E-state index contributed by atoms with van der Waals surface area (Å²) in [7, 11) is -0.196. The third-order valence-electron chi connectivity index (χ3n) is 4.77. The van der Waals surface area contributed by atoms with E-state index in [-0.39, 0.29) is 19.4 Å². The summed E-state index contributed by atoms with van der Waals surface area (Å²) in [4.78, 5) is 25.1. The molecule has 32 heavy (non-hydrogen) atoms. The van der Waals surface area contributed by atoms with Crippen LogP contribution in [0.25, 0.3) is 5.69 Å². The zero-order chi connectivity index (χ0) is 22.7. The highest BCUT2D eigenvalue weighted by atomic mass is 35.5. The molecule has 1 aromatic carbocycles. The Bertz CT molecular complexity index is 1220. The fraction of sp³-hybridized carbons (Fsp3) is 0.182. The Morgan fingerprint density at radius 1 is 1.19 bits per heavy atom. The van der Waals surface area contributed by atoms with Gasteiger partial charge in [0.05, 0.1) is 27.1 Å². The van der Waals surface area contributed by atoms with Crippen LogP contribution in [0.1, 0.15) is 15.2 Å². The number of carbonyl (C=O) groups excluding carboxylic acids is 1. The summed E-state index contributed by atoms with van der Waals surface area (Å²) < 4.78 is 2.23. The van der Waals surface area contributed by atoms with Gasteiger partial charge in [-0.25, -0.2) is 0 Å². The van der Waals surface area contributed by atoms with E-state index in [4.69, 9.17) is 11.6 Å². The number of anilines is 1. The highest BCUT2D eigenvalue weighted by molar-refractivity contribution is 7.55. The van der Waals surface area contributed by atoms with Crippen molar-refractivity contribution in [1.29, 1.82) is 0 Å². The lowest BCUT2D eigenvalue weighted by atomic mass is 10.1. The molecule has 0 saturated heterocycles. The smallest absolute Gasteiger partial charge is 0.261 e. The first-order valence-electron chi connectivity index (χ1n) is 9.91. The van der Waals surface area contributed by atoms with Crippen LogP contribution >= 0.6 is 30.9 Å². The number of carbonyl (C=O) groups is 1. The minimum absolute atomic E-state index is 0.0626. The number of rotatable bonds is 7. The number of hydrogen-bond donors (Lipinski definition) is 3. The summed E-state index contributed by atoms with van der Waals surface area (Å²) in [5, 5.41) is 4.79. The molecule has 2 aromatic heterocycles. The van der Waals surface area contributed by atoms with Gasteiger partial charge in [0.15, 0.2) is 0 Å². The average molecular weight is 488 g/mol. The Hall–Kier alpha value is -2.64. The number of aromatic nitrogens is 1. The predicted octanol–water partition coefficient (Wildman–Crippen LogP) is 3.89. The highest BCUT2D eigenvalue weighted by Gasteiger charge is 2.18. The Balaban J connectivity index is 1.53. The third-order valence-corrected chi connectivity index (χ3v) is 6.97. The molecule has 0 fully saturated rings. The zero-order valence-electron chi connectivity index (χ0n) is 17.6. The molecule has 3 aromatic rings. The maximum atomic E-state index is 12.3. The Morgan fingerprint density at radius 3 is 2.75 bits per heavy atom. The number of nitrogens with zero attached hydrogens (tertiary/aromatic N) is 2. The van der Waals surface area contributed by atoms with Crippen molar-refractivity contribution in [3.63, 3.8) is 0 Å². The van der Waals surface area contributed by atoms with Gasteiger partial charge in [0, 0.05) is 24.2 Å². The molecule has 10 heteroatoms. The van der Waals surface area contributed by atoms with Gasteiger partial charge >= 0.3 is 0 Å². The Kier molecular flexibility index (Phi) is 6.96. The quantitative estimate of drug-likeness (QED) is 0.441. The van der Waals surface area contributed by atoms with E-state index in [0.717, 1.165) is 28.8 Å². The fourth-order valence-corrected chi connectivity index (χ4v) is 5.23. The minimum Gasteiger partial charge on any atom is -0.346 e. The Labute approximate surface area is 196 Å². The van der Waals surface area contributed by atoms with E-state index in [0.29, 0.717) is 15.8 Å². The largest absolute Gasteiger partial charge is 0.346 e. The van der Waals surface area contributed by atoms with Crippen LogP contribution in [0.15, 0.2) is 71.4 Å². The molecule has 0 bridgehead atoms. The zero-order valence-corrected chi connectivity index (χ0v) is 20.1. The van der Waals surface area contributed by atoms with E-state index in [2.05, 4.69) is 35.7 Å². The van der Waals surface area contributed by atoms with E-state index in [1.165, 1.54) is 11.3 Å². The van der Waals surface area contributed by atoms with E-state index >= 15 is 0 Å². The van der Waals surface area contributed by atoms with Crippen molar-refractivity contribution >= 4 is 42.5 Å². The van der Waals surface area contributed by atoms with Crippen LogP contribution in [-0.4, -0.2) is 30.3 Å². The summed E-state index contributed by atoms with van der Waals surface area (Å²) in [6, 6.07) is 14.6. The van der Waals surface area contributed by atoms with Crippen molar-refractivity contribution in [1.82, 2.24) is 20.8 Å². The first-order chi connectivity index (χ1) is 15.4. The summed E-state index contributed by atoms with van der Waals surface area (Å²) in [6.07, 6.45) is 4.61. The molecule has 0 radical (unpaired) electrons. The number of nitrogens with one attached hydrogen (secondary N) is 3. The number of hydrogen-bond acceptors (Lipinski definition) is 6. The summed E-state index contributed by atoms with van der Waals surface area (Å²) >= 11 is 7.16. The molecule has 1 aliphatic heterocycles. The van der Waals surface area contributed by atoms with Gasteiger partial charge in [0.1, 0.15) is 0 Å². The topological polar surface area (TPSA) is 78.4 Å². The van der Waals surface area contributed by atoms with Gasteiger partial charge in [-0.1, -0.05) is 17.7 Å². The lowest BCUT2D eigenvalue weighted by Gasteiger charge is -2.21. The van der Waals surface area contributed by atoms with Gasteiger partial charge in [0.2, 0.25) is 0 Å².